The van der Waals surface area contributed by atoms with Crippen LogP contribution in [0.5, 0.6) is 0 Å². The van der Waals surface area contributed by atoms with Crippen molar-refractivity contribution < 1.29 is 4.74 Å². The molecular weight excluding hydrogens is 402 g/mol. The summed E-state index contributed by atoms with van der Waals surface area (Å²) in [5.41, 5.74) is 2.49. The summed E-state index contributed by atoms with van der Waals surface area (Å²) in [6.45, 7) is 9.53. The number of guanidine groups is 1. The van der Waals surface area contributed by atoms with Crippen molar-refractivity contribution in [1.29, 1.82) is 0 Å². The molecule has 1 aliphatic carbocycles. The van der Waals surface area contributed by atoms with Gasteiger partial charge < -0.3 is 15.4 Å². The van der Waals surface area contributed by atoms with Crippen molar-refractivity contribution in [1.82, 2.24) is 30.7 Å². The van der Waals surface area contributed by atoms with Gasteiger partial charge in [0.2, 0.25) is 0 Å². The van der Waals surface area contributed by atoms with Gasteiger partial charge in [0.05, 0.1) is 19.8 Å². The highest BCUT2D eigenvalue weighted by Crippen LogP contribution is 2.36. The highest BCUT2D eigenvalue weighted by molar-refractivity contribution is 5.79. The monoisotopic (exact) mass is 439 g/mol. The first-order valence-electron chi connectivity index (χ1n) is 12.0. The summed E-state index contributed by atoms with van der Waals surface area (Å²) in [7, 11) is 0. The molecular formula is C24H37N7O. The number of morpholine rings is 1. The van der Waals surface area contributed by atoms with Crippen LogP contribution in [0.3, 0.4) is 0 Å². The van der Waals surface area contributed by atoms with E-state index in [9.17, 15) is 0 Å². The summed E-state index contributed by atoms with van der Waals surface area (Å²) >= 11 is 0. The highest BCUT2D eigenvalue weighted by atomic mass is 16.5. The van der Waals surface area contributed by atoms with Crippen molar-refractivity contribution in [3.05, 3.63) is 36.2 Å². The maximum Gasteiger partial charge on any atom is 0.191 e. The fourth-order valence-corrected chi connectivity index (χ4v) is 4.87. The molecule has 1 saturated carbocycles. The third-order valence-corrected chi connectivity index (χ3v) is 6.59. The van der Waals surface area contributed by atoms with Crippen LogP contribution in [-0.4, -0.2) is 72.0 Å². The van der Waals surface area contributed by atoms with E-state index in [1.807, 2.05) is 12.1 Å². The van der Waals surface area contributed by atoms with Crippen molar-refractivity contribution in [2.75, 3.05) is 45.9 Å². The van der Waals surface area contributed by atoms with Crippen LogP contribution in [0.15, 0.2) is 35.6 Å². The van der Waals surface area contributed by atoms with Gasteiger partial charge in [-0.05, 0) is 31.4 Å². The Hall–Kier alpha value is -2.45. The molecule has 2 aliphatic rings. The Labute approximate surface area is 191 Å². The van der Waals surface area contributed by atoms with E-state index in [2.05, 4.69) is 49.8 Å². The zero-order valence-electron chi connectivity index (χ0n) is 19.3. The van der Waals surface area contributed by atoms with Crippen LogP contribution in [-0.2, 0) is 11.3 Å². The van der Waals surface area contributed by atoms with E-state index in [0.29, 0.717) is 12.0 Å². The van der Waals surface area contributed by atoms with Gasteiger partial charge in [-0.15, -0.1) is 0 Å². The summed E-state index contributed by atoms with van der Waals surface area (Å²) in [6.07, 6.45) is 8.13. The lowest BCUT2D eigenvalue weighted by Gasteiger charge is -2.42. The Balaban J connectivity index is 1.40. The van der Waals surface area contributed by atoms with Crippen molar-refractivity contribution in [3.8, 4) is 11.4 Å². The average molecular weight is 440 g/mol. The highest BCUT2D eigenvalue weighted by Gasteiger charge is 2.34. The molecule has 1 aliphatic heterocycles. The lowest BCUT2D eigenvalue weighted by Crippen LogP contribution is -2.51. The zero-order valence-corrected chi connectivity index (χ0v) is 19.3. The first-order valence-corrected chi connectivity index (χ1v) is 12.0. The van der Waals surface area contributed by atoms with Crippen LogP contribution >= 0.6 is 0 Å². The van der Waals surface area contributed by atoms with E-state index >= 15 is 0 Å². The molecule has 2 fully saturated rings. The molecule has 4 rings (SSSR count). The fraction of sp³-hybridized carbons (Fsp3) is 0.625. The van der Waals surface area contributed by atoms with Gasteiger partial charge in [-0.2, -0.15) is 5.10 Å². The molecule has 0 unspecified atom stereocenters. The van der Waals surface area contributed by atoms with Gasteiger partial charge in [-0.25, -0.2) is 9.98 Å². The SMILES string of the molecule is CCNC(=NCc1cccc(-c2ncn[nH]2)c1)NCC1(CN2CCOCC2)CCCCC1. The van der Waals surface area contributed by atoms with Crippen LogP contribution in [0.25, 0.3) is 11.4 Å². The largest absolute Gasteiger partial charge is 0.379 e. The Morgan fingerprint density at radius 1 is 1.19 bits per heavy atom. The predicted octanol–water partition coefficient (Wildman–Crippen LogP) is 2.81. The summed E-state index contributed by atoms with van der Waals surface area (Å²) in [5, 5.41) is 14.0. The Morgan fingerprint density at radius 2 is 2.03 bits per heavy atom. The molecule has 1 saturated heterocycles. The van der Waals surface area contributed by atoms with Crippen molar-refractivity contribution in [3.63, 3.8) is 0 Å². The molecule has 2 heterocycles. The molecule has 1 aromatic heterocycles. The fourth-order valence-electron chi connectivity index (χ4n) is 4.87. The standard InChI is InChI=1S/C24H37N7O/c1-2-25-23(26-16-20-7-6-8-21(15-20)22-28-19-29-30-22)27-17-24(9-4-3-5-10-24)18-31-11-13-32-14-12-31/h6-8,15,19H,2-5,9-14,16-18H2,1H3,(H2,25,26,27)(H,28,29,30). The Kier molecular flexibility index (Phi) is 8.12. The molecule has 0 radical (unpaired) electrons. The predicted molar refractivity (Wildman–Crippen MR) is 127 cm³/mol. The van der Waals surface area contributed by atoms with Crippen LogP contribution < -0.4 is 10.6 Å². The topological polar surface area (TPSA) is 90.5 Å². The molecule has 0 atom stereocenters. The normalized spacial score (nSPS) is 19.6. The van der Waals surface area contributed by atoms with E-state index in [1.165, 1.54) is 38.4 Å². The number of hydrogen-bond donors (Lipinski definition) is 3. The van der Waals surface area contributed by atoms with Gasteiger partial charge in [0, 0.05) is 43.7 Å². The first kappa shape index (κ1) is 22.7. The van der Waals surface area contributed by atoms with Gasteiger partial charge in [-0.3, -0.25) is 10.00 Å². The molecule has 3 N–H and O–H groups in total. The van der Waals surface area contributed by atoms with E-state index in [1.54, 1.807) is 0 Å². The van der Waals surface area contributed by atoms with Gasteiger partial charge in [0.15, 0.2) is 11.8 Å². The minimum absolute atomic E-state index is 0.317. The van der Waals surface area contributed by atoms with Gasteiger partial charge in [0.1, 0.15) is 6.33 Å². The maximum atomic E-state index is 5.56. The molecule has 1 aromatic carbocycles. The summed E-state index contributed by atoms with van der Waals surface area (Å²) in [6, 6.07) is 8.31. The number of nitrogens with zero attached hydrogens (tertiary/aromatic N) is 4. The molecule has 32 heavy (non-hydrogen) atoms. The molecule has 8 nitrogen and oxygen atoms in total. The van der Waals surface area contributed by atoms with Crippen LogP contribution in [0, 0.1) is 5.41 Å². The Morgan fingerprint density at radius 3 is 2.78 bits per heavy atom. The quantitative estimate of drug-likeness (QED) is 0.433. The molecule has 0 bridgehead atoms. The minimum Gasteiger partial charge on any atom is -0.379 e. The Bertz CT molecular complexity index is 840. The second kappa shape index (κ2) is 11.4. The second-order valence-corrected chi connectivity index (χ2v) is 9.03. The summed E-state index contributed by atoms with van der Waals surface area (Å²) < 4.78 is 5.56. The summed E-state index contributed by atoms with van der Waals surface area (Å²) in [4.78, 5) is 11.7. The van der Waals surface area contributed by atoms with Crippen molar-refractivity contribution >= 4 is 5.96 Å². The lowest BCUT2D eigenvalue weighted by molar-refractivity contribution is 0.00820. The average Bonchev–Trinajstić information content (AvgIpc) is 3.38. The van der Waals surface area contributed by atoms with E-state index in [4.69, 9.17) is 9.73 Å². The molecule has 0 amide bonds. The van der Waals surface area contributed by atoms with Crippen molar-refractivity contribution in [2.24, 2.45) is 10.4 Å². The number of aromatic nitrogens is 3. The minimum atomic E-state index is 0.317. The van der Waals surface area contributed by atoms with Gasteiger partial charge in [0.25, 0.3) is 0 Å². The van der Waals surface area contributed by atoms with Gasteiger partial charge >= 0.3 is 0 Å². The smallest absolute Gasteiger partial charge is 0.191 e. The molecule has 8 heteroatoms. The number of H-pyrrole nitrogens is 1. The number of nitrogens with one attached hydrogen (secondary N) is 3. The van der Waals surface area contributed by atoms with E-state index in [0.717, 1.165) is 68.8 Å². The molecule has 2 aromatic rings. The summed E-state index contributed by atoms with van der Waals surface area (Å²) in [5.74, 6) is 1.67. The number of rotatable bonds is 8. The molecule has 0 spiro atoms. The van der Waals surface area contributed by atoms with Crippen molar-refractivity contribution in [2.45, 2.75) is 45.6 Å². The number of hydrogen-bond acceptors (Lipinski definition) is 5. The van der Waals surface area contributed by atoms with E-state index in [-0.39, 0.29) is 0 Å². The van der Waals surface area contributed by atoms with Crippen LogP contribution in [0.2, 0.25) is 0 Å². The third kappa shape index (κ3) is 6.29. The van der Waals surface area contributed by atoms with E-state index < -0.39 is 0 Å². The number of aromatic amines is 1. The lowest BCUT2D eigenvalue weighted by atomic mass is 9.73. The zero-order chi connectivity index (χ0) is 22.1. The first-order chi connectivity index (χ1) is 15.8. The van der Waals surface area contributed by atoms with Crippen LogP contribution in [0.1, 0.15) is 44.6 Å². The number of aliphatic imine (C=N–C) groups is 1. The maximum absolute atomic E-state index is 5.56. The second-order valence-electron chi connectivity index (χ2n) is 9.03. The number of benzene rings is 1. The van der Waals surface area contributed by atoms with Gasteiger partial charge in [-0.1, -0.05) is 37.5 Å². The number of ether oxygens (including phenoxy) is 1. The van der Waals surface area contributed by atoms with Crippen LogP contribution in [0.4, 0.5) is 0 Å². The third-order valence-electron chi connectivity index (χ3n) is 6.59. The molecule has 174 valence electrons.